The maximum absolute atomic E-state index is 11.8. The molecule has 126 valence electrons. The number of nitrogens with one attached hydrogen (secondary N) is 2. The zero-order valence-corrected chi connectivity index (χ0v) is 12.4. The van der Waals surface area contributed by atoms with Crippen LogP contribution in [0.4, 0.5) is 0 Å². The first-order valence-electron chi connectivity index (χ1n) is 6.77. The molecule has 0 radical (unpaired) electrons. The number of aliphatic hydroxyl groups is 3. The topological polar surface area (TPSA) is 151 Å². The number of hydrazone groups is 1. The van der Waals surface area contributed by atoms with E-state index in [1.165, 1.54) is 42.9 Å². The molecule has 0 aliphatic heterocycles. The number of amides is 2. The Labute approximate surface area is 132 Å². The molecule has 0 spiro atoms. The van der Waals surface area contributed by atoms with Gasteiger partial charge in [-0.1, -0.05) is 0 Å². The first kappa shape index (κ1) is 18.7. The predicted octanol–water partition coefficient (Wildman–Crippen LogP) is -0.986. The third-order valence-electron chi connectivity index (χ3n) is 3.00. The molecule has 0 fully saturated rings. The average molecular weight is 325 g/mol. The van der Waals surface area contributed by atoms with E-state index in [1.807, 2.05) is 0 Å². The molecule has 9 nitrogen and oxygen atoms in total. The van der Waals surface area contributed by atoms with E-state index in [0.717, 1.165) is 0 Å². The highest BCUT2D eigenvalue weighted by molar-refractivity contribution is 5.97. The van der Waals surface area contributed by atoms with Gasteiger partial charge in [-0.25, -0.2) is 10.9 Å². The molecule has 3 atom stereocenters. The highest BCUT2D eigenvalue weighted by Crippen LogP contribution is 2.05. The fraction of sp³-hybridized carbons (Fsp3) is 0.357. The molecular formula is C14H19N3O6. The predicted molar refractivity (Wildman–Crippen MR) is 80.0 cm³/mol. The summed E-state index contributed by atoms with van der Waals surface area (Å²) in [7, 11) is 0. The quantitative estimate of drug-likeness (QED) is 0.215. The highest BCUT2D eigenvalue weighted by Gasteiger charge is 2.19. The Bertz CT molecular complexity index is 558. The van der Waals surface area contributed by atoms with Crippen LogP contribution < -0.4 is 10.9 Å². The number of hydrogen-bond acceptors (Lipinski definition) is 7. The fourth-order valence-corrected chi connectivity index (χ4v) is 1.63. The van der Waals surface area contributed by atoms with E-state index in [4.69, 9.17) is 10.3 Å². The molecule has 0 aliphatic rings. The van der Waals surface area contributed by atoms with Gasteiger partial charge in [0.15, 0.2) is 0 Å². The van der Waals surface area contributed by atoms with Crippen LogP contribution in [0.15, 0.2) is 29.4 Å². The molecule has 0 unspecified atom stereocenters. The van der Waals surface area contributed by atoms with Gasteiger partial charge in [0.2, 0.25) is 0 Å². The van der Waals surface area contributed by atoms with Gasteiger partial charge in [-0.15, -0.1) is 0 Å². The Balaban J connectivity index is 2.50. The van der Waals surface area contributed by atoms with E-state index in [0.29, 0.717) is 0 Å². The summed E-state index contributed by atoms with van der Waals surface area (Å²) in [5.41, 5.74) is 4.11. The van der Waals surface area contributed by atoms with Crippen molar-refractivity contribution in [2.75, 3.05) is 0 Å². The molecule has 0 saturated carbocycles. The lowest BCUT2D eigenvalue weighted by atomic mass is 10.1. The first-order chi connectivity index (χ1) is 10.9. The van der Waals surface area contributed by atoms with Crippen molar-refractivity contribution in [2.45, 2.75) is 31.7 Å². The van der Waals surface area contributed by atoms with Crippen LogP contribution in [-0.4, -0.2) is 56.9 Å². The molecule has 6 N–H and O–H groups in total. The largest absolute Gasteiger partial charge is 0.391 e. The smallest absolute Gasteiger partial charge is 0.274 e. The Kier molecular flexibility index (Phi) is 7.29. The SMILES string of the molecule is C[C@@H](O)[C@@H](O)[C@@H](O)C/C=N/NC(=O)c1ccc(C(=O)NO)cc1. The van der Waals surface area contributed by atoms with Crippen LogP contribution in [0.25, 0.3) is 0 Å². The molecule has 23 heavy (non-hydrogen) atoms. The first-order valence-corrected chi connectivity index (χ1v) is 6.77. The van der Waals surface area contributed by atoms with Gasteiger partial charge in [0.05, 0.1) is 12.2 Å². The van der Waals surface area contributed by atoms with E-state index >= 15 is 0 Å². The third-order valence-corrected chi connectivity index (χ3v) is 3.00. The summed E-state index contributed by atoms with van der Waals surface area (Å²) in [6.45, 7) is 1.34. The Morgan fingerprint density at radius 1 is 1.13 bits per heavy atom. The van der Waals surface area contributed by atoms with E-state index in [2.05, 4.69) is 10.5 Å². The second-order valence-electron chi connectivity index (χ2n) is 4.81. The molecule has 1 aromatic carbocycles. The molecule has 0 heterocycles. The number of aliphatic hydroxyl groups excluding tert-OH is 3. The maximum Gasteiger partial charge on any atom is 0.274 e. The second-order valence-corrected chi connectivity index (χ2v) is 4.81. The summed E-state index contributed by atoms with van der Waals surface area (Å²) < 4.78 is 0. The van der Waals surface area contributed by atoms with Crippen LogP contribution in [0.2, 0.25) is 0 Å². The van der Waals surface area contributed by atoms with Crippen LogP contribution in [0.1, 0.15) is 34.1 Å². The molecule has 2 amide bonds. The van der Waals surface area contributed by atoms with Gasteiger partial charge in [-0.05, 0) is 31.2 Å². The van der Waals surface area contributed by atoms with Crippen molar-refractivity contribution < 1.29 is 30.1 Å². The minimum absolute atomic E-state index is 0.0536. The fourth-order valence-electron chi connectivity index (χ4n) is 1.63. The minimum Gasteiger partial charge on any atom is -0.391 e. The van der Waals surface area contributed by atoms with Gasteiger partial charge in [-0.3, -0.25) is 14.8 Å². The lowest BCUT2D eigenvalue weighted by Gasteiger charge is -2.18. The van der Waals surface area contributed by atoms with Crippen molar-refractivity contribution in [1.82, 2.24) is 10.9 Å². The number of rotatable bonds is 7. The normalized spacial score (nSPS) is 15.0. The maximum atomic E-state index is 11.8. The number of hydroxylamine groups is 1. The van der Waals surface area contributed by atoms with Gasteiger partial charge in [-0.2, -0.15) is 5.10 Å². The number of benzene rings is 1. The number of carbonyl (C=O) groups excluding carboxylic acids is 2. The van der Waals surface area contributed by atoms with Crippen molar-refractivity contribution in [3.05, 3.63) is 35.4 Å². The number of carbonyl (C=O) groups is 2. The van der Waals surface area contributed by atoms with Gasteiger partial charge < -0.3 is 15.3 Å². The van der Waals surface area contributed by atoms with Gasteiger partial charge >= 0.3 is 0 Å². The molecule has 0 aromatic heterocycles. The van der Waals surface area contributed by atoms with E-state index in [1.54, 1.807) is 0 Å². The lowest BCUT2D eigenvalue weighted by molar-refractivity contribution is -0.0480. The van der Waals surface area contributed by atoms with Crippen molar-refractivity contribution in [1.29, 1.82) is 0 Å². The summed E-state index contributed by atoms with van der Waals surface area (Å²) in [5.74, 6) is -1.23. The molecular weight excluding hydrogens is 306 g/mol. The third kappa shape index (κ3) is 5.75. The zero-order chi connectivity index (χ0) is 17.4. The Morgan fingerprint density at radius 3 is 2.13 bits per heavy atom. The molecule has 0 saturated heterocycles. The van der Waals surface area contributed by atoms with Crippen LogP contribution in [0.5, 0.6) is 0 Å². The van der Waals surface area contributed by atoms with Gasteiger partial charge in [0.25, 0.3) is 11.8 Å². The summed E-state index contributed by atoms with van der Waals surface area (Å²) in [5, 5.41) is 40.1. The van der Waals surface area contributed by atoms with Crippen molar-refractivity contribution >= 4 is 18.0 Å². The monoisotopic (exact) mass is 325 g/mol. The Morgan fingerprint density at radius 2 is 1.65 bits per heavy atom. The molecule has 1 aromatic rings. The molecule has 0 aliphatic carbocycles. The number of nitrogens with zero attached hydrogens (tertiary/aromatic N) is 1. The highest BCUT2D eigenvalue weighted by atomic mass is 16.5. The minimum atomic E-state index is -1.30. The lowest BCUT2D eigenvalue weighted by Crippen LogP contribution is -2.35. The van der Waals surface area contributed by atoms with Gasteiger partial charge in [0, 0.05) is 23.8 Å². The summed E-state index contributed by atoms with van der Waals surface area (Å²) in [6, 6.07) is 5.46. The number of hydrogen-bond donors (Lipinski definition) is 6. The van der Waals surface area contributed by atoms with Gasteiger partial charge in [0.1, 0.15) is 6.10 Å². The molecule has 1 rings (SSSR count). The molecule has 0 bridgehead atoms. The van der Waals surface area contributed by atoms with E-state index in [-0.39, 0.29) is 17.5 Å². The van der Waals surface area contributed by atoms with Crippen LogP contribution in [0, 0.1) is 0 Å². The van der Waals surface area contributed by atoms with Crippen molar-refractivity contribution in [3.8, 4) is 0 Å². The van der Waals surface area contributed by atoms with Crippen molar-refractivity contribution in [2.24, 2.45) is 5.10 Å². The Hall–Kier alpha value is -2.33. The summed E-state index contributed by atoms with van der Waals surface area (Å²) in [4.78, 5) is 22.9. The van der Waals surface area contributed by atoms with Crippen LogP contribution >= 0.6 is 0 Å². The van der Waals surface area contributed by atoms with E-state index < -0.39 is 30.1 Å². The van der Waals surface area contributed by atoms with Crippen LogP contribution in [0.3, 0.4) is 0 Å². The second kappa shape index (κ2) is 8.96. The van der Waals surface area contributed by atoms with Crippen LogP contribution in [-0.2, 0) is 0 Å². The summed E-state index contributed by atoms with van der Waals surface area (Å²) >= 11 is 0. The summed E-state index contributed by atoms with van der Waals surface area (Å²) in [6.07, 6.45) is -2.44. The standard InChI is InChI=1S/C14H19N3O6/c1-8(18)12(20)11(19)6-7-15-16-13(21)9-2-4-10(5-3-9)14(22)17-23/h2-5,7-8,11-12,18-20,23H,6H2,1H3,(H,16,21)(H,17,22)/b15-7+/t8-,11+,12-/m1/s1. The molecule has 9 heteroatoms. The average Bonchev–Trinajstić information content (AvgIpc) is 2.56. The van der Waals surface area contributed by atoms with E-state index in [9.17, 15) is 19.8 Å². The zero-order valence-electron chi connectivity index (χ0n) is 12.4. The van der Waals surface area contributed by atoms with Crippen molar-refractivity contribution in [3.63, 3.8) is 0 Å².